The molecule has 2 aromatic carbocycles. The number of nitrogens with one attached hydrogen (secondary N) is 1. The van der Waals surface area contributed by atoms with Crippen LogP contribution in [0.3, 0.4) is 0 Å². The third-order valence-electron chi connectivity index (χ3n) is 4.05. The van der Waals surface area contributed by atoms with Gasteiger partial charge in [0.15, 0.2) is 0 Å². The van der Waals surface area contributed by atoms with Crippen LogP contribution in [0.2, 0.25) is 0 Å². The van der Waals surface area contributed by atoms with Crippen LogP contribution in [0.1, 0.15) is 26.3 Å². The predicted molar refractivity (Wildman–Crippen MR) is 101 cm³/mol. The molecule has 136 valence electrons. The molecule has 0 fully saturated rings. The minimum absolute atomic E-state index is 0.147. The third kappa shape index (κ3) is 6.77. The van der Waals surface area contributed by atoms with Crippen LogP contribution in [-0.4, -0.2) is 36.5 Å². The van der Waals surface area contributed by atoms with Gasteiger partial charge >= 0.3 is 0 Å². The summed E-state index contributed by atoms with van der Waals surface area (Å²) in [6.07, 6.45) is 0.854. The maximum atomic E-state index is 10.6. The molecule has 0 saturated carbocycles. The quantitative estimate of drug-likeness (QED) is 0.732. The summed E-state index contributed by atoms with van der Waals surface area (Å²) in [5.41, 5.74) is 0.122. The lowest BCUT2D eigenvalue weighted by Crippen LogP contribution is -2.51. The van der Waals surface area contributed by atoms with Crippen molar-refractivity contribution in [3.8, 4) is 11.5 Å². The van der Waals surface area contributed by atoms with Crippen molar-refractivity contribution in [2.45, 2.75) is 38.3 Å². The lowest BCUT2D eigenvalue weighted by Gasteiger charge is -2.32. The molecule has 0 heterocycles. The Labute approximate surface area is 150 Å². The summed E-state index contributed by atoms with van der Waals surface area (Å²) in [4.78, 5) is 0. The van der Waals surface area contributed by atoms with E-state index in [1.807, 2.05) is 42.5 Å². The highest BCUT2D eigenvalue weighted by atomic mass is 16.5. The van der Waals surface area contributed by atoms with E-state index >= 15 is 0 Å². The van der Waals surface area contributed by atoms with Gasteiger partial charge in [0.05, 0.1) is 7.11 Å². The van der Waals surface area contributed by atoms with Crippen LogP contribution in [0.15, 0.2) is 54.6 Å². The normalized spacial score (nSPS) is 14.0. The molecule has 0 radical (unpaired) electrons. The van der Waals surface area contributed by atoms with Crippen molar-refractivity contribution in [2.75, 3.05) is 20.3 Å². The van der Waals surface area contributed by atoms with Crippen molar-refractivity contribution >= 4 is 0 Å². The second-order valence-corrected chi connectivity index (χ2v) is 7.36. The number of benzene rings is 2. The average Bonchev–Trinajstić information content (AvgIpc) is 2.60. The van der Waals surface area contributed by atoms with Gasteiger partial charge in [0.2, 0.25) is 0 Å². The van der Waals surface area contributed by atoms with Crippen molar-refractivity contribution in [2.24, 2.45) is 0 Å². The number of methoxy groups -OCH3 is 1. The first kappa shape index (κ1) is 19.3. The summed E-state index contributed by atoms with van der Waals surface area (Å²) in [7, 11) is 1.67. The minimum Gasteiger partial charge on any atom is -0.497 e. The molecule has 0 spiro atoms. The molecule has 0 bridgehead atoms. The molecule has 25 heavy (non-hydrogen) atoms. The van der Waals surface area contributed by atoms with Gasteiger partial charge in [-0.15, -0.1) is 0 Å². The van der Waals surface area contributed by atoms with E-state index in [-0.39, 0.29) is 12.1 Å². The summed E-state index contributed by atoms with van der Waals surface area (Å²) in [6.45, 7) is 6.73. The Kier molecular flexibility index (Phi) is 6.45. The highest BCUT2D eigenvalue weighted by Gasteiger charge is 2.26. The fourth-order valence-electron chi connectivity index (χ4n) is 2.55. The van der Waals surface area contributed by atoms with Gasteiger partial charge in [0, 0.05) is 12.1 Å². The number of β-amino-alcohol motifs (C(OH)–C–C–N with tert-alkyl or cyclic N) is 1. The van der Waals surface area contributed by atoms with Crippen LogP contribution in [0.25, 0.3) is 0 Å². The smallest absolute Gasteiger partial charge is 0.119 e. The van der Waals surface area contributed by atoms with Crippen LogP contribution in [-0.2, 0) is 6.42 Å². The Hall–Kier alpha value is -2.04. The highest BCUT2D eigenvalue weighted by molar-refractivity contribution is 5.28. The maximum absolute atomic E-state index is 10.6. The minimum atomic E-state index is -0.951. The van der Waals surface area contributed by atoms with Crippen LogP contribution >= 0.6 is 0 Å². The molecular formula is C21H29NO3. The zero-order valence-corrected chi connectivity index (χ0v) is 15.6. The van der Waals surface area contributed by atoms with E-state index in [2.05, 4.69) is 31.3 Å². The molecule has 0 aliphatic heterocycles. The zero-order valence-electron chi connectivity index (χ0n) is 15.6. The van der Waals surface area contributed by atoms with Gasteiger partial charge in [-0.05, 0) is 57.0 Å². The number of hydrogen-bond donors (Lipinski definition) is 2. The monoisotopic (exact) mass is 343 g/mol. The topological polar surface area (TPSA) is 50.7 Å². The summed E-state index contributed by atoms with van der Waals surface area (Å²) >= 11 is 0. The fourth-order valence-corrected chi connectivity index (χ4v) is 2.55. The summed E-state index contributed by atoms with van der Waals surface area (Å²) < 4.78 is 10.9. The molecule has 2 rings (SSSR count). The fraction of sp³-hybridized carbons (Fsp3) is 0.429. The number of aliphatic hydroxyl groups is 1. The number of ether oxygens (including phenoxy) is 2. The first-order valence-electron chi connectivity index (χ1n) is 8.58. The Balaban J connectivity index is 1.84. The van der Waals surface area contributed by atoms with Gasteiger partial charge < -0.3 is 19.9 Å². The largest absolute Gasteiger partial charge is 0.497 e. The molecule has 0 aromatic heterocycles. The van der Waals surface area contributed by atoms with E-state index in [4.69, 9.17) is 9.47 Å². The van der Waals surface area contributed by atoms with Crippen molar-refractivity contribution < 1.29 is 14.6 Å². The lowest BCUT2D eigenvalue weighted by atomic mass is 9.93. The number of hydrogen-bond acceptors (Lipinski definition) is 4. The second kappa shape index (κ2) is 8.37. The Morgan fingerprint density at radius 1 is 0.920 bits per heavy atom. The van der Waals surface area contributed by atoms with Crippen LogP contribution in [0.4, 0.5) is 0 Å². The predicted octanol–water partition coefficient (Wildman–Crippen LogP) is 3.44. The number of rotatable bonds is 9. The van der Waals surface area contributed by atoms with Crippen molar-refractivity contribution in [3.05, 3.63) is 60.2 Å². The Morgan fingerprint density at radius 3 is 2.16 bits per heavy atom. The van der Waals surface area contributed by atoms with Gasteiger partial charge in [0.1, 0.15) is 23.7 Å². The molecule has 0 aliphatic rings. The average molecular weight is 343 g/mol. The van der Waals surface area contributed by atoms with E-state index in [1.165, 1.54) is 5.56 Å². The standard InChI is InChI=1S/C21H29NO3/c1-20(2,14-17-10-12-18(24-4)13-11-17)22-15-21(3,23)16-25-19-8-6-5-7-9-19/h5-13,22-23H,14-16H2,1-4H3. The molecule has 4 heteroatoms. The molecule has 4 nitrogen and oxygen atoms in total. The van der Waals surface area contributed by atoms with Gasteiger partial charge in [0.25, 0.3) is 0 Å². The van der Waals surface area contributed by atoms with Gasteiger partial charge in [-0.2, -0.15) is 0 Å². The van der Waals surface area contributed by atoms with Gasteiger partial charge in [-0.25, -0.2) is 0 Å². The van der Waals surface area contributed by atoms with Gasteiger partial charge in [-0.3, -0.25) is 0 Å². The van der Waals surface area contributed by atoms with Gasteiger partial charge in [-0.1, -0.05) is 30.3 Å². The van der Waals surface area contributed by atoms with Crippen LogP contribution in [0.5, 0.6) is 11.5 Å². The summed E-state index contributed by atoms with van der Waals surface area (Å²) in [5.74, 6) is 1.62. The lowest BCUT2D eigenvalue weighted by molar-refractivity contribution is 0.00698. The summed E-state index contributed by atoms with van der Waals surface area (Å²) in [6, 6.07) is 17.6. The zero-order chi connectivity index (χ0) is 18.3. The summed E-state index contributed by atoms with van der Waals surface area (Å²) in [5, 5.41) is 14.0. The molecule has 0 aliphatic carbocycles. The maximum Gasteiger partial charge on any atom is 0.119 e. The highest BCUT2D eigenvalue weighted by Crippen LogP contribution is 2.18. The van der Waals surface area contributed by atoms with E-state index < -0.39 is 5.60 Å². The molecule has 0 saturated heterocycles. The second-order valence-electron chi connectivity index (χ2n) is 7.36. The molecule has 2 N–H and O–H groups in total. The number of para-hydroxylation sites is 1. The molecule has 2 aromatic rings. The third-order valence-corrected chi connectivity index (χ3v) is 4.05. The Bertz CT molecular complexity index is 636. The Morgan fingerprint density at radius 2 is 1.56 bits per heavy atom. The van der Waals surface area contributed by atoms with Crippen molar-refractivity contribution in [1.29, 1.82) is 0 Å². The van der Waals surface area contributed by atoms with Crippen LogP contribution in [0, 0.1) is 0 Å². The SMILES string of the molecule is COc1ccc(CC(C)(C)NCC(C)(O)COc2ccccc2)cc1. The molecule has 1 unspecified atom stereocenters. The molecule has 1 atom stereocenters. The van der Waals surface area contributed by atoms with E-state index in [9.17, 15) is 5.11 Å². The molecular weight excluding hydrogens is 314 g/mol. The van der Waals surface area contributed by atoms with E-state index in [0.29, 0.717) is 6.54 Å². The molecule has 0 amide bonds. The van der Waals surface area contributed by atoms with Crippen molar-refractivity contribution in [1.82, 2.24) is 5.32 Å². The van der Waals surface area contributed by atoms with E-state index in [0.717, 1.165) is 17.9 Å². The van der Waals surface area contributed by atoms with Crippen LogP contribution < -0.4 is 14.8 Å². The first-order chi connectivity index (χ1) is 11.8. The van der Waals surface area contributed by atoms with Crippen molar-refractivity contribution in [3.63, 3.8) is 0 Å². The first-order valence-corrected chi connectivity index (χ1v) is 8.58. The van der Waals surface area contributed by atoms with E-state index in [1.54, 1.807) is 14.0 Å².